The Morgan fingerprint density at radius 1 is 1.26 bits per heavy atom. The molecule has 3 rings (SSSR count). The van der Waals surface area contributed by atoms with E-state index in [4.69, 9.17) is 16.3 Å². The summed E-state index contributed by atoms with van der Waals surface area (Å²) in [6, 6.07) is 0. The Labute approximate surface area is 141 Å². The first-order valence-electron chi connectivity index (χ1n) is 7.97. The minimum Gasteiger partial charge on any atom is -0.444 e. The van der Waals surface area contributed by atoms with Crippen molar-refractivity contribution >= 4 is 23.5 Å². The number of nitrogens with zero attached hydrogens (tertiary/aromatic N) is 4. The summed E-state index contributed by atoms with van der Waals surface area (Å²) in [7, 11) is 0. The number of carbonyl (C=O) groups excluding carboxylic acids is 1. The third-order valence-corrected chi connectivity index (χ3v) is 4.63. The van der Waals surface area contributed by atoms with Crippen LogP contribution in [0.4, 0.5) is 10.6 Å². The molecule has 0 radical (unpaired) electrons. The zero-order valence-corrected chi connectivity index (χ0v) is 14.6. The molecule has 6 nitrogen and oxygen atoms in total. The maximum atomic E-state index is 12.1. The highest BCUT2D eigenvalue weighted by Gasteiger charge is 2.46. The number of ether oxygens (including phenoxy) is 1. The van der Waals surface area contributed by atoms with E-state index >= 15 is 0 Å². The zero-order valence-electron chi connectivity index (χ0n) is 13.9. The summed E-state index contributed by atoms with van der Waals surface area (Å²) in [5.41, 5.74) is -0.159. The van der Waals surface area contributed by atoms with Crippen LogP contribution < -0.4 is 4.90 Å². The number of aromatic nitrogens is 2. The third kappa shape index (κ3) is 3.68. The molecule has 7 heteroatoms. The largest absolute Gasteiger partial charge is 0.444 e. The maximum absolute atomic E-state index is 12.1. The predicted octanol–water partition coefficient (Wildman–Crippen LogP) is 2.97. The van der Waals surface area contributed by atoms with Gasteiger partial charge in [0.2, 0.25) is 0 Å². The van der Waals surface area contributed by atoms with Crippen LogP contribution in [0.25, 0.3) is 0 Å². The smallest absolute Gasteiger partial charge is 0.410 e. The minimum absolute atomic E-state index is 0.204. The minimum atomic E-state index is -0.440. The van der Waals surface area contributed by atoms with Crippen LogP contribution in [-0.4, -0.2) is 52.7 Å². The highest BCUT2D eigenvalue weighted by molar-refractivity contribution is 6.29. The topological polar surface area (TPSA) is 58.6 Å². The lowest BCUT2D eigenvalue weighted by Crippen LogP contribution is -2.61. The average molecular weight is 339 g/mol. The lowest BCUT2D eigenvalue weighted by atomic mass is 9.72. The van der Waals surface area contributed by atoms with Crippen molar-refractivity contribution in [2.75, 3.05) is 31.1 Å². The molecule has 1 amide bonds. The van der Waals surface area contributed by atoms with Gasteiger partial charge in [0.05, 0.1) is 12.4 Å². The van der Waals surface area contributed by atoms with Gasteiger partial charge in [-0.1, -0.05) is 11.6 Å². The number of hydrogen-bond acceptors (Lipinski definition) is 5. The molecule has 0 atom stereocenters. The van der Waals surface area contributed by atoms with Gasteiger partial charge in [0, 0.05) is 31.6 Å². The number of anilines is 1. The van der Waals surface area contributed by atoms with Crippen molar-refractivity contribution in [1.82, 2.24) is 14.9 Å². The fraction of sp³-hybridized carbons (Fsp3) is 0.688. The second-order valence-corrected chi connectivity index (χ2v) is 7.91. The van der Waals surface area contributed by atoms with Gasteiger partial charge in [-0.2, -0.15) is 0 Å². The molecule has 2 aliphatic heterocycles. The Morgan fingerprint density at radius 3 is 2.48 bits per heavy atom. The van der Waals surface area contributed by atoms with E-state index in [9.17, 15) is 4.79 Å². The summed E-state index contributed by atoms with van der Waals surface area (Å²) < 4.78 is 5.44. The highest BCUT2D eigenvalue weighted by atomic mass is 35.5. The van der Waals surface area contributed by atoms with Gasteiger partial charge >= 0.3 is 6.09 Å². The van der Waals surface area contributed by atoms with Crippen molar-refractivity contribution in [3.8, 4) is 0 Å². The van der Waals surface area contributed by atoms with Crippen molar-refractivity contribution in [3.63, 3.8) is 0 Å². The van der Waals surface area contributed by atoms with Gasteiger partial charge < -0.3 is 14.5 Å². The summed E-state index contributed by atoms with van der Waals surface area (Å²) in [5, 5.41) is 0.420. The van der Waals surface area contributed by atoms with Crippen molar-refractivity contribution in [2.45, 2.75) is 39.2 Å². The molecule has 1 aromatic rings. The predicted molar refractivity (Wildman–Crippen MR) is 88.7 cm³/mol. The van der Waals surface area contributed by atoms with E-state index in [1.807, 2.05) is 25.7 Å². The van der Waals surface area contributed by atoms with Crippen LogP contribution in [0.3, 0.4) is 0 Å². The molecule has 0 aliphatic carbocycles. The molecular formula is C16H23ClN4O2. The first-order chi connectivity index (χ1) is 10.8. The van der Waals surface area contributed by atoms with E-state index in [2.05, 4.69) is 14.9 Å². The van der Waals surface area contributed by atoms with Crippen LogP contribution in [0.1, 0.15) is 33.6 Å². The van der Waals surface area contributed by atoms with Crippen LogP contribution in [0.15, 0.2) is 12.4 Å². The normalized spacial score (nSPS) is 20.3. The maximum Gasteiger partial charge on any atom is 0.410 e. The molecule has 0 N–H and O–H groups in total. The summed E-state index contributed by atoms with van der Waals surface area (Å²) in [4.78, 5) is 24.5. The van der Waals surface area contributed by atoms with Crippen molar-refractivity contribution < 1.29 is 9.53 Å². The van der Waals surface area contributed by atoms with Gasteiger partial charge in [-0.3, -0.25) is 4.98 Å². The zero-order chi connectivity index (χ0) is 16.7. The lowest BCUT2D eigenvalue weighted by Gasteiger charge is -2.54. The van der Waals surface area contributed by atoms with Gasteiger partial charge in [-0.15, -0.1) is 0 Å². The SMILES string of the molecule is CC(C)(C)OC(=O)N1CCC2(CC1)CN(c1cncc(Cl)n1)C2. The highest BCUT2D eigenvalue weighted by Crippen LogP contribution is 2.42. The van der Waals surface area contributed by atoms with Gasteiger partial charge in [-0.05, 0) is 33.6 Å². The first kappa shape index (κ1) is 16.3. The van der Waals surface area contributed by atoms with Crippen LogP contribution in [-0.2, 0) is 4.74 Å². The molecule has 2 aliphatic rings. The molecule has 0 aromatic carbocycles. The van der Waals surface area contributed by atoms with E-state index in [-0.39, 0.29) is 11.5 Å². The average Bonchev–Trinajstić information content (AvgIpc) is 2.43. The molecule has 23 heavy (non-hydrogen) atoms. The third-order valence-electron chi connectivity index (χ3n) is 4.44. The number of rotatable bonds is 1. The summed E-state index contributed by atoms with van der Waals surface area (Å²) >= 11 is 5.90. The number of piperidine rings is 1. The first-order valence-corrected chi connectivity index (χ1v) is 8.35. The molecule has 126 valence electrons. The van der Waals surface area contributed by atoms with E-state index < -0.39 is 5.60 Å². The Balaban J connectivity index is 1.52. The fourth-order valence-electron chi connectivity index (χ4n) is 3.22. The second-order valence-electron chi connectivity index (χ2n) is 7.52. The summed E-state index contributed by atoms with van der Waals surface area (Å²) in [6.07, 6.45) is 5.08. The molecular weight excluding hydrogens is 316 g/mol. The molecule has 0 bridgehead atoms. The molecule has 1 spiro atoms. The Hall–Kier alpha value is -1.56. The van der Waals surface area contributed by atoms with Crippen molar-refractivity contribution in [3.05, 3.63) is 17.5 Å². The number of hydrogen-bond donors (Lipinski definition) is 0. The Bertz CT molecular complexity index is 586. The molecule has 2 fully saturated rings. The molecule has 3 heterocycles. The van der Waals surface area contributed by atoms with Gasteiger partial charge in [0.15, 0.2) is 0 Å². The van der Waals surface area contributed by atoms with E-state index in [1.54, 1.807) is 12.4 Å². The molecule has 2 saturated heterocycles. The van der Waals surface area contributed by atoms with Crippen LogP contribution >= 0.6 is 11.6 Å². The van der Waals surface area contributed by atoms with E-state index in [1.165, 1.54) is 0 Å². The Morgan fingerprint density at radius 2 is 1.91 bits per heavy atom. The van der Waals surface area contributed by atoms with Crippen LogP contribution in [0, 0.1) is 5.41 Å². The van der Waals surface area contributed by atoms with Crippen LogP contribution in [0.5, 0.6) is 0 Å². The summed E-state index contributed by atoms with van der Waals surface area (Å²) in [5.74, 6) is 0.831. The molecule has 1 aromatic heterocycles. The van der Waals surface area contributed by atoms with E-state index in [0.717, 1.165) is 44.8 Å². The monoisotopic (exact) mass is 338 g/mol. The van der Waals surface area contributed by atoms with Crippen molar-refractivity contribution in [1.29, 1.82) is 0 Å². The fourth-order valence-corrected chi connectivity index (χ4v) is 3.36. The number of carbonyl (C=O) groups is 1. The second kappa shape index (κ2) is 5.82. The van der Waals surface area contributed by atoms with E-state index in [0.29, 0.717) is 5.15 Å². The van der Waals surface area contributed by atoms with Crippen molar-refractivity contribution in [2.24, 2.45) is 5.41 Å². The standard InChI is InChI=1S/C16H23ClN4O2/c1-15(2,3)23-14(22)20-6-4-16(5-7-20)10-21(11-16)13-9-18-8-12(17)19-13/h8-9H,4-7,10-11H2,1-3H3. The Kier molecular flexibility index (Phi) is 4.12. The van der Waals surface area contributed by atoms with Gasteiger partial charge in [0.1, 0.15) is 16.6 Å². The van der Waals surface area contributed by atoms with Gasteiger partial charge in [-0.25, -0.2) is 9.78 Å². The molecule has 0 unspecified atom stereocenters. The number of amides is 1. The van der Waals surface area contributed by atoms with Crippen LogP contribution in [0.2, 0.25) is 5.15 Å². The summed E-state index contributed by atoms with van der Waals surface area (Å²) in [6.45, 7) is 9.09. The quantitative estimate of drug-likeness (QED) is 0.788. The molecule has 0 saturated carbocycles. The number of halogens is 1. The lowest BCUT2D eigenvalue weighted by molar-refractivity contribution is 0.00589. The van der Waals surface area contributed by atoms with Gasteiger partial charge in [0.25, 0.3) is 0 Å². The number of likely N-dealkylation sites (tertiary alicyclic amines) is 1.